The summed E-state index contributed by atoms with van der Waals surface area (Å²) < 4.78 is 0. The van der Waals surface area contributed by atoms with E-state index < -0.39 is 0 Å². The molecule has 0 radical (unpaired) electrons. The van der Waals surface area contributed by atoms with E-state index in [1.54, 1.807) is 0 Å². The van der Waals surface area contributed by atoms with Gasteiger partial charge < -0.3 is 11.1 Å². The van der Waals surface area contributed by atoms with Gasteiger partial charge in [0.15, 0.2) is 0 Å². The van der Waals surface area contributed by atoms with Gasteiger partial charge in [-0.2, -0.15) is 0 Å². The number of rotatable bonds is 4. The average molecular weight is 258 g/mol. The highest BCUT2D eigenvalue weighted by atomic mass is 16.1. The first-order valence-electron chi connectivity index (χ1n) is 6.62. The van der Waals surface area contributed by atoms with Crippen LogP contribution in [0.4, 0.5) is 5.69 Å². The molecule has 0 saturated heterocycles. The predicted octanol–water partition coefficient (Wildman–Crippen LogP) is 2.68. The largest absolute Gasteiger partial charge is 0.325 e. The first-order valence-corrected chi connectivity index (χ1v) is 6.62. The van der Waals surface area contributed by atoms with Gasteiger partial charge in [0.1, 0.15) is 0 Å². The van der Waals surface area contributed by atoms with Crippen molar-refractivity contribution in [1.82, 2.24) is 0 Å². The summed E-state index contributed by atoms with van der Waals surface area (Å²) in [6, 6.07) is 5.82. The van der Waals surface area contributed by atoms with E-state index in [1.165, 1.54) is 0 Å². The van der Waals surface area contributed by atoms with Crippen molar-refractivity contribution in [1.29, 1.82) is 0 Å². The quantitative estimate of drug-likeness (QED) is 0.816. The number of amides is 1. The summed E-state index contributed by atoms with van der Waals surface area (Å²) in [4.78, 5) is 11.8. The van der Waals surface area contributed by atoms with E-state index in [1.807, 2.05) is 25.1 Å². The van der Waals surface area contributed by atoms with Crippen molar-refractivity contribution in [3.05, 3.63) is 29.3 Å². The van der Waals surface area contributed by atoms with Crippen molar-refractivity contribution < 1.29 is 4.79 Å². The molecule has 3 nitrogen and oxygen atoms in total. The van der Waals surface area contributed by atoms with E-state index in [-0.39, 0.29) is 5.91 Å². The Kier molecular flexibility index (Phi) is 6.11. The van der Waals surface area contributed by atoms with Crippen LogP contribution in [-0.2, 0) is 4.79 Å². The van der Waals surface area contributed by atoms with Gasteiger partial charge in [0.05, 0.1) is 12.2 Å². The summed E-state index contributed by atoms with van der Waals surface area (Å²) >= 11 is 0. The third-order valence-electron chi connectivity index (χ3n) is 2.72. The first kappa shape index (κ1) is 15.3. The Morgan fingerprint density at radius 1 is 1.42 bits per heavy atom. The Labute approximate surface area is 115 Å². The molecule has 0 fully saturated rings. The maximum atomic E-state index is 11.8. The van der Waals surface area contributed by atoms with Crippen molar-refractivity contribution in [2.45, 2.75) is 33.6 Å². The summed E-state index contributed by atoms with van der Waals surface area (Å²) in [7, 11) is 0. The molecule has 0 aromatic heterocycles. The lowest BCUT2D eigenvalue weighted by Crippen LogP contribution is -2.13. The van der Waals surface area contributed by atoms with Crippen molar-refractivity contribution in [3.8, 4) is 11.8 Å². The molecule has 3 N–H and O–H groups in total. The molecule has 0 aliphatic carbocycles. The minimum absolute atomic E-state index is 0.0355. The van der Waals surface area contributed by atoms with Gasteiger partial charge >= 0.3 is 0 Å². The Bertz CT molecular complexity index is 495. The summed E-state index contributed by atoms with van der Waals surface area (Å²) in [6.45, 7) is 6.53. The zero-order valence-electron chi connectivity index (χ0n) is 11.9. The molecule has 0 spiro atoms. The number of benzene rings is 1. The lowest BCUT2D eigenvalue weighted by molar-refractivity contribution is -0.116. The van der Waals surface area contributed by atoms with E-state index in [9.17, 15) is 4.79 Å². The Hall–Kier alpha value is -1.79. The van der Waals surface area contributed by atoms with Gasteiger partial charge in [0, 0.05) is 12.0 Å². The highest BCUT2D eigenvalue weighted by molar-refractivity contribution is 5.92. The number of hydrogen-bond donors (Lipinski definition) is 2. The van der Waals surface area contributed by atoms with E-state index in [2.05, 4.69) is 31.0 Å². The summed E-state index contributed by atoms with van der Waals surface area (Å²) in [5.74, 6) is 6.38. The third-order valence-corrected chi connectivity index (χ3v) is 2.72. The van der Waals surface area contributed by atoms with Crippen LogP contribution in [0.1, 0.15) is 37.8 Å². The SMILES string of the molecule is Cc1ccc(NC(=O)CCC(C)C)c(C#CCN)c1. The Balaban J connectivity index is 2.79. The van der Waals surface area contributed by atoms with Crippen LogP contribution in [0.2, 0.25) is 0 Å². The topological polar surface area (TPSA) is 55.1 Å². The molecule has 102 valence electrons. The van der Waals surface area contributed by atoms with Crippen molar-refractivity contribution in [2.75, 3.05) is 11.9 Å². The van der Waals surface area contributed by atoms with Gasteiger partial charge in [-0.3, -0.25) is 4.79 Å². The zero-order valence-corrected chi connectivity index (χ0v) is 11.9. The van der Waals surface area contributed by atoms with Gasteiger partial charge in [0.2, 0.25) is 5.91 Å². The van der Waals surface area contributed by atoms with Crippen LogP contribution in [0, 0.1) is 24.7 Å². The average Bonchev–Trinajstić information content (AvgIpc) is 2.36. The van der Waals surface area contributed by atoms with Crippen LogP contribution in [0.25, 0.3) is 0 Å². The molecule has 0 bridgehead atoms. The second kappa shape index (κ2) is 7.60. The Morgan fingerprint density at radius 2 is 2.16 bits per heavy atom. The highest BCUT2D eigenvalue weighted by Gasteiger charge is 2.07. The molecule has 1 aromatic carbocycles. The molecule has 1 aromatic rings. The number of nitrogens with one attached hydrogen (secondary N) is 1. The summed E-state index contributed by atoms with van der Waals surface area (Å²) in [6.07, 6.45) is 1.43. The van der Waals surface area contributed by atoms with Gasteiger partial charge in [0.25, 0.3) is 0 Å². The smallest absolute Gasteiger partial charge is 0.224 e. The second-order valence-electron chi connectivity index (χ2n) is 5.04. The zero-order chi connectivity index (χ0) is 14.3. The fourth-order valence-corrected chi connectivity index (χ4v) is 1.65. The lowest BCUT2D eigenvalue weighted by Gasteiger charge is -2.09. The standard InChI is InChI=1S/C16H22N2O/c1-12(2)6-9-16(19)18-15-8-7-13(3)11-14(15)5-4-10-17/h7-8,11-12H,6,9-10,17H2,1-3H3,(H,18,19). The molecular weight excluding hydrogens is 236 g/mol. The maximum Gasteiger partial charge on any atom is 0.224 e. The number of hydrogen-bond acceptors (Lipinski definition) is 2. The lowest BCUT2D eigenvalue weighted by atomic mass is 10.1. The van der Waals surface area contributed by atoms with Gasteiger partial charge in [-0.1, -0.05) is 31.8 Å². The van der Waals surface area contributed by atoms with Gasteiger partial charge in [-0.05, 0) is 37.0 Å². The van der Waals surface area contributed by atoms with Crippen LogP contribution in [0.15, 0.2) is 18.2 Å². The van der Waals surface area contributed by atoms with Crippen LogP contribution in [0.5, 0.6) is 0 Å². The van der Waals surface area contributed by atoms with Crippen LogP contribution in [-0.4, -0.2) is 12.5 Å². The molecule has 0 saturated carbocycles. The van der Waals surface area contributed by atoms with Crippen molar-refractivity contribution >= 4 is 11.6 Å². The molecular formula is C16H22N2O. The van der Waals surface area contributed by atoms with Gasteiger partial charge in [-0.25, -0.2) is 0 Å². The molecule has 3 heteroatoms. The number of carbonyl (C=O) groups is 1. The predicted molar refractivity (Wildman–Crippen MR) is 79.8 cm³/mol. The van der Waals surface area contributed by atoms with Crippen LogP contribution < -0.4 is 11.1 Å². The minimum Gasteiger partial charge on any atom is -0.325 e. The van der Waals surface area contributed by atoms with Crippen molar-refractivity contribution in [3.63, 3.8) is 0 Å². The molecule has 19 heavy (non-hydrogen) atoms. The summed E-state index contributed by atoms with van der Waals surface area (Å²) in [5, 5.41) is 2.92. The normalized spacial score (nSPS) is 9.95. The molecule has 0 aliphatic heterocycles. The highest BCUT2D eigenvalue weighted by Crippen LogP contribution is 2.17. The van der Waals surface area contributed by atoms with E-state index in [0.717, 1.165) is 23.2 Å². The molecule has 0 unspecified atom stereocenters. The fourth-order valence-electron chi connectivity index (χ4n) is 1.65. The molecule has 1 amide bonds. The first-order chi connectivity index (χ1) is 9.02. The van der Waals surface area contributed by atoms with E-state index in [0.29, 0.717) is 18.9 Å². The number of nitrogens with two attached hydrogens (primary N) is 1. The molecule has 0 heterocycles. The molecule has 1 rings (SSSR count). The van der Waals surface area contributed by atoms with E-state index >= 15 is 0 Å². The van der Waals surface area contributed by atoms with E-state index in [4.69, 9.17) is 5.73 Å². The number of carbonyl (C=O) groups excluding carboxylic acids is 1. The molecule has 0 aliphatic rings. The minimum atomic E-state index is 0.0355. The molecule has 0 atom stereocenters. The maximum absolute atomic E-state index is 11.8. The van der Waals surface area contributed by atoms with Gasteiger partial charge in [-0.15, -0.1) is 0 Å². The summed E-state index contributed by atoms with van der Waals surface area (Å²) in [5.41, 5.74) is 8.08. The van der Waals surface area contributed by atoms with Crippen molar-refractivity contribution in [2.24, 2.45) is 11.7 Å². The number of aryl methyl sites for hydroxylation is 1. The second-order valence-corrected chi connectivity index (χ2v) is 5.04. The van der Waals surface area contributed by atoms with Crippen LogP contribution in [0.3, 0.4) is 0 Å². The van der Waals surface area contributed by atoms with Crippen LogP contribution >= 0.6 is 0 Å². The fraction of sp³-hybridized carbons (Fsp3) is 0.438. The third kappa shape index (κ3) is 5.58. The number of anilines is 1. The monoisotopic (exact) mass is 258 g/mol. The Morgan fingerprint density at radius 3 is 2.79 bits per heavy atom.